The Kier molecular flexibility index (Phi) is 4.61. The molecule has 0 bridgehead atoms. The van der Waals surface area contributed by atoms with Crippen molar-refractivity contribution in [2.75, 3.05) is 25.2 Å². The van der Waals surface area contributed by atoms with Gasteiger partial charge in [0, 0.05) is 26.9 Å². The van der Waals surface area contributed by atoms with Gasteiger partial charge < -0.3 is 9.64 Å². The summed E-state index contributed by atoms with van der Waals surface area (Å²) in [7, 11) is 3.63. The first kappa shape index (κ1) is 17.6. The summed E-state index contributed by atoms with van der Waals surface area (Å²) in [4.78, 5) is 15.8. The van der Waals surface area contributed by atoms with E-state index in [9.17, 15) is 0 Å². The van der Waals surface area contributed by atoms with Crippen LogP contribution in [0.4, 0.5) is 5.95 Å². The van der Waals surface area contributed by atoms with Crippen LogP contribution in [0.2, 0.25) is 0 Å². The molecule has 1 atom stereocenters. The van der Waals surface area contributed by atoms with Crippen molar-refractivity contribution in [1.82, 2.24) is 34.3 Å². The van der Waals surface area contributed by atoms with E-state index in [1.807, 2.05) is 37.6 Å². The van der Waals surface area contributed by atoms with E-state index in [1.54, 1.807) is 18.0 Å². The molecule has 0 radical (unpaired) electrons. The van der Waals surface area contributed by atoms with Crippen LogP contribution in [0.15, 0.2) is 6.20 Å². The molecule has 9 heteroatoms. The van der Waals surface area contributed by atoms with Crippen molar-refractivity contribution in [2.24, 2.45) is 7.05 Å². The fourth-order valence-electron chi connectivity index (χ4n) is 3.44. The lowest BCUT2D eigenvalue weighted by molar-refractivity contribution is 0.180. The Labute approximate surface area is 157 Å². The van der Waals surface area contributed by atoms with Crippen LogP contribution in [0.1, 0.15) is 35.9 Å². The second kappa shape index (κ2) is 7.07. The maximum atomic E-state index is 5.33. The number of hydrogen-bond donors (Lipinski definition) is 0. The van der Waals surface area contributed by atoms with Crippen LogP contribution in [0, 0.1) is 13.8 Å². The molecule has 4 heterocycles. The van der Waals surface area contributed by atoms with Crippen LogP contribution in [-0.2, 0) is 11.8 Å². The van der Waals surface area contributed by atoms with E-state index in [1.165, 1.54) is 0 Å². The van der Waals surface area contributed by atoms with Gasteiger partial charge in [0.05, 0.1) is 24.0 Å². The lowest BCUT2D eigenvalue weighted by Crippen LogP contribution is -2.33. The monoisotopic (exact) mass is 368 g/mol. The summed E-state index contributed by atoms with van der Waals surface area (Å²) in [5, 5.41) is 9.11. The van der Waals surface area contributed by atoms with E-state index >= 15 is 0 Å². The highest BCUT2D eigenvalue weighted by atomic mass is 16.5. The van der Waals surface area contributed by atoms with Crippen LogP contribution in [0.5, 0.6) is 0 Å². The zero-order valence-electron chi connectivity index (χ0n) is 16.1. The predicted molar refractivity (Wildman–Crippen MR) is 102 cm³/mol. The van der Waals surface area contributed by atoms with Crippen molar-refractivity contribution in [3.63, 3.8) is 0 Å². The minimum Gasteiger partial charge on any atom is -0.383 e. The van der Waals surface area contributed by atoms with Gasteiger partial charge in [0.1, 0.15) is 0 Å². The topological polar surface area (TPSA) is 86.3 Å². The smallest absolute Gasteiger partial charge is 0.245 e. The van der Waals surface area contributed by atoms with Gasteiger partial charge in [-0.3, -0.25) is 4.98 Å². The van der Waals surface area contributed by atoms with E-state index in [4.69, 9.17) is 4.74 Å². The molecule has 0 unspecified atom stereocenters. The summed E-state index contributed by atoms with van der Waals surface area (Å²) >= 11 is 0. The molecule has 1 aliphatic heterocycles. The number of aromatic nitrogens is 7. The summed E-state index contributed by atoms with van der Waals surface area (Å²) in [5.41, 5.74) is 2.57. The highest BCUT2D eigenvalue weighted by molar-refractivity contribution is 5.65. The third-order valence-corrected chi connectivity index (χ3v) is 4.89. The highest BCUT2D eigenvalue weighted by Gasteiger charge is 2.27. The van der Waals surface area contributed by atoms with Crippen LogP contribution < -0.4 is 4.90 Å². The summed E-state index contributed by atoms with van der Waals surface area (Å²) in [6.45, 7) is 5.55. The Balaban J connectivity index is 1.59. The van der Waals surface area contributed by atoms with Crippen molar-refractivity contribution in [1.29, 1.82) is 0 Å². The number of rotatable bonds is 5. The summed E-state index contributed by atoms with van der Waals surface area (Å²) in [5.74, 6) is 2.13. The van der Waals surface area contributed by atoms with Gasteiger partial charge in [-0.2, -0.15) is 4.98 Å². The zero-order valence-corrected chi connectivity index (χ0v) is 16.1. The van der Waals surface area contributed by atoms with Crippen molar-refractivity contribution in [2.45, 2.75) is 32.7 Å². The molecule has 9 nitrogen and oxygen atoms in total. The second-order valence-electron chi connectivity index (χ2n) is 6.86. The molecule has 0 N–H and O–H groups in total. The maximum absolute atomic E-state index is 5.33. The number of nitrogens with zero attached hydrogens (tertiary/aromatic N) is 8. The molecule has 142 valence electrons. The molecule has 1 fully saturated rings. The third kappa shape index (κ3) is 3.30. The quantitative estimate of drug-likeness (QED) is 0.677. The fourth-order valence-corrected chi connectivity index (χ4v) is 3.44. The number of ether oxygens (including phenoxy) is 1. The normalized spacial score (nSPS) is 17.6. The lowest BCUT2D eigenvalue weighted by Gasteiger charge is -2.22. The number of fused-ring (bicyclic) bond motifs is 1. The molecule has 27 heavy (non-hydrogen) atoms. The SMILES string of the molecule is COC[C@H]1CCCN1c1nc(/C=C/c2nc3c(C)ncc(C)n3n2)n(C)n1. The van der Waals surface area contributed by atoms with Crippen molar-refractivity contribution < 1.29 is 4.74 Å². The first-order valence-corrected chi connectivity index (χ1v) is 9.10. The van der Waals surface area contributed by atoms with Gasteiger partial charge in [-0.25, -0.2) is 14.2 Å². The highest BCUT2D eigenvalue weighted by Crippen LogP contribution is 2.23. The zero-order chi connectivity index (χ0) is 19.0. The molecule has 1 aliphatic rings. The Morgan fingerprint density at radius 1 is 1.22 bits per heavy atom. The maximum Gasteiger partial charge on any atom is 0.245 e. The fraction of sp³-hybridized carbons (Fsp3) is 0.500. The molecule has 3 aromatic heterocycles. The van der Waals surface area contributed by atoms with Gasteiger partial charge >= 0.3 is 0 Å². The minimum absolute atomic E-state index is 0.341. The van der Waals surface area contributed by atoms with Crippen LogP contribution in [-0.4, -0.2) is 60.6 Å². The predicted octanol–water partition coefficient (Wildman–Crippen LogP) is 1.66. The van der Waals surface area contributed by atoms with Crippen LogP contribution >= 0.6 is 0 Å². The molecule has 0 saturated carbocycles. The first-order chi connectivity index (χ1) is 13.1. The van der Waals surface area contributed by atoms with Gasteiger partial charge in [0.25, 0.3) is 0 Å². The number of aryl methyl sites for hydroxylation is 3. The molecule has 0 spiro atoms. The van der Waals surface area contributed by atoms with Crippen LogP contribution in [0.3, 0.4) is 0 Å². The molecule has 0 aromatic carbocycles. The number of anilines is 1. The van der Waals surface area contributed by atoms with E-state index in [0.717, 1.165) is 48.2 Å². The Bertz CT molecular complexity index is 950. The Hall–Kier alpha value is -2.81. The van der Waals surface area contributed by atoms with Crippen molar-refractivity contribution in [3.8, 4) is 0 Å². The van der Waals surface area contributed by atoms with Crippen molar-refractivity contribution in [3.05, 3.63) is 29.2 Å². The second-order valence-corrected chi connectivity index (χ2v) is 6.86. The Morgan fingerprint density at radius 2 is 2.07 bits per heavy atom. The lowest BCUT2D eigenvalue weighted by atomic mass is 10.2. The molecule has 4 rings (SSSR count). The van der Waals surface area contributed by atoms with Crippen LogP contribution in [0.25, 0.3) is 17.8 Å². The van der Waals surface area contributed by atoms with E-state index in [2.05, 4.69) is 30.0 Å². The van der Waals surface area contributed by atoms with E-state index in [0.29, 0.717) is 18.5 Å². The van der Waals surface area contributed by atoms with E-state index < -0.39 is 0 Å². The molecule has 0 aliphatic carbocycles. The molecular formula is C18H24N8O. The van der Waals surface area contributed by atoms with Gasteiger partial charge in [-0.15, -0.1) is 10.2 Å². The van der Waals surface area contributed by atoms with Crippen molar-refractivity contribution >= 4 is 23.7 Å². The summed E-state index contributed by atoms with van der Waals surface area (Å²) < 4.78 is 8.91. The number of hydrogen-bond acceptors (Lipinski definition) is 7. The summed E-state index contributed by atoms with van der Waals surface area (Å²) in [6.07, 6.45) is 7.79. The molecule has 3 aromatic rings. The average Bonchev–Trinajstić information content (AvgIpc) is 3.35. The standard InChI is InChI=1S/C18H24N8O/c1-12-10-19-13(2)17-20-15(22-26(12)17)7-8-16-21-18(23-24(16)3)25-9-5-6-14(25)11-27-4/h7-8,10,14H,5-6,9,11H2,1-4H3/b8-7+/t14-/m1/s1. The van der Waals surface area contributed by atoms with Gasteiger partial charge in [0.15, 0.2) is 17.3 Å². The minimum atomic E-state index is 0.341. The summed E-state index contributed by atoms with van der Waals surface area (Å²) in [6, 6.07) is 0.341. The van der Waals surface area contributed by atoms with Gasteiger partial charge in [-0.05, 0) is 38.8 Å². The third-order valence-electron chi connectivity index (χ3n) is 4.89. The van der Waals surface area contributed by atoms with Gasteiger partial charge in [-0.1, -0.05) is 0 Å². The van der Waals surface area contributed by atoms with Gasteiger partial charge in [0.2, 0.25) is 5.95 Å². The molecule has 0 amide bonds. The number of methoxy groups -OCH3 is 1. The molecule has 1 saturated heterocycles. The molecular weight excluding hydrogens is 344 g/mol. The largest absolute Gasteiger partial charge is 0.383 e. The van der Waals surface area contributed by atoms with E-state index in [-0.39, 0.29) is 0 Å². The first-order valence-electron chi connectivity index (χ1n) is 9.10. The Morgan fingerprint density at radius 3 is 2.85 bits per heavy atom. The average molecular weight is 368 g/mol.